The fourth-order valence-corrected chi connectivity index (χ4v) is 8.68. The SMILES string of the molecule is CC/C=C\C/C=C\C/C=C\C/C=C\C/C=C\C/C=C\CCCCCCC(=O)OC(COC(=O)CCCCCCCC)COC(=O)CCCCCCCCCCCCCCCCCCCCCCCCCC. The Balaban J connectivity index is 4.15. The van der Waals surface area contributed by atoms with Crippen molar-refractivity contribution in [3.05, 3.63) is 72.9 Å². The lowest BCUT2D eigenvalue weighted by Gasteiger charge is -2.18. The molecule has 0 fully saturated rings. The van der Waals surface area contributed by atoms with Gasteiger partial charge in [-0.2, -0.15) is 0 Å². The highest BCUT2D eigenvalue weighted by molar-refractivity contribution is 5.71. The summed E-state index contributed by atoms with van der Waals surface area (Å²) in [5.41, 5.74) is 0. The Bertz CT molecular complexity index is 1320. The molecule has 1 atom stereocenters. The van der Waals surface area contributed by atoms with Gasteiger partial charge in [-0.05, 0) is 70.6 Å². The van der Waals surface area contributed by atoms with Gasteiger partial charge >= 0.3 is 17.9 Å². The lowest BCUT2D eigenvalue weighted by Crippen LogP contribution is -2.30. The zero-order valence-electron chi connectivity index (χ0n) is 47.0. The Morgan fingerprint density at radius 1 is 0.296 bits per heavy atom. The van der Waals surface area contributed by atoms with Gasteiger partial charge in [-0.25, -0.2) is 0 Å². The quantitative estimate of drug-likeness (QED) is 0.0261. The van der Waals surface area contributed by atoms with E-state index in [-0.39, 0.29) is 31.1 Å². The Kier molecular flexibility index (Phi) is 56.8. The number of hydrogen-bond donors (Lipinski definition) is 0. The third kappa shape index (κ3) is 57.6. The Morgan fingerprint density at radius 2 is 0.549 bits per heavy atom. The number of carbonyl (C=O) groups excluding carboxylic acids is 3. The number of carbonyl (C=O) groups is 3. The molecular formula is C65H114O6. The molecule has 1 unspecified atom stereocenters. The zero-order valence-corrected chi connectivity index (χ0v) is 47.0. The lowest BCUT2D eigenvalue weighted by atomic mass is 10.0. The molecular weight excluding hydrogens is 877 g/mol. The van der Waals surface area contributed by atoms with Crippen LogP contribution in [0.4, 0.5) is 0 Å². The molecule has 0 aliphatic carbocycles. The molecule has 0 saturated heterocycles. The number of unbranched alkanes of at least 4 members (excludes halogenated alkanes) is 32. The second-order valence-electron chi connectivity index (χ2n) is 20.2. The molecule has 6 nitrogen and oxygen atoms in total. The number of rotatable bonds is 55. The molecule has 0 bridgehead atoms. The van der Waals surface area contributed by atoms with E-state index in [2.05, 4.69) is 93.7 Å². The minimum atomic E-state index is -0.785. The van der Waals surface area contributed by atoms with Gasteiger partial charge in [0.1, 0.15) is 13.2 Å². The largest absolute Gasteiger partial charge is 0.462 e. The van der Waals surface area contributed by atoms with Crippen LogP contribution < -0.4 is 0 Å². The van der Waals surface area contributed by atoms with E-state index in [0.717, 1.165) is 109 Å². The molecule has 0 aromatic heterocycles. The van der Waals surface area contributed by atoms with Crippen molar-refractivity contribution in [3.63, 3.8) is 0 Å². The second kappa shape index (κ2) is 59.4. The smallest absolute Gasteiger partial charge is 0.306 e. The first kappa shape index (κ1) is 67.8. The van der Waals surface area contributed by atoms with E-state index in [4.69, 9.17) is 14.2 Å². The van der Waals surface area contributed by atoms with E-state index in [0.29, 0.717) is 19.3 Å². The predicted octanol–water partition coefficient (Wildman–Crippen LogP) is 20.5. The van der Waals surface area contributed by atoms with Crippen LogP contribution in [0.25, 0.3) is 0 Å². The first-order valence-corrected chi connectivity index (χ1v) is 30.4. The van der Waals surface area contributed by atoms with Crippen LogP contribution in [0.2, 0.25) is 0 Å². The van der Waals surface area contributed by atoms with Gasteiger partial charge in [-0.1, -0.05) is 286 Å². The first-order chi connectivity index (χ1) is 35.0. The zero-order chi connectivity index (χ0) is 51.4. The molecule has 0 saturated carbocycles. The summed E-state index contributed by atoms with van der Waals surface area (Å²) in [4.78, 5) is 37.9. The van der Waals surface area contributed by atoms with Crippen molar-refractivity contribution < 1.29 is 28.6 Å². The van der Waals surface area contributed by atoms with Crippen LogP contribution in [0.5, 0.6) is 0 Å². The molecule has 0 rings (SSSR count). The average molecular weight is 992 g/mol. The van der Waals surface area contributed by atoms with Crippen molar-refractivity contribution in [1.29, 1.82) is 0 Å². The fourth-order valence-electron chi connectivity index (χ4n) is 8.68. The highest BCUT2D eigenvalue weighted by Crippen LogP contribution is 2.17. The van der Waals surface area contributed by atoms with Gasteiger partial charge in [0, 0.05) is 19.3 Å². The molecule has 0 aliphatic rings. The van der Waals surface area contributed by atoms with Crippen molar-refractivity contribution in [2.24, 2.45) is 0 Å². The number of esters is 3. The normalized spacial score (nSPS) is 12.5. The molecule has 0 aliphatic heterocycles. The van der Waals surface area contributed by atoms with Crippen molar-refractivity contribution in [3.8, 4) is 0 Å². The second-order valence-corrected chi connectivity index (χ2v) is 20.2. The number of ether oxygens (including phenoxy) is 3. The fraction of sp³-hybridized carbons (Fsp3) is 0.769. The van der Waals surface area contributed by atoms with Crippen LogP contribution in [-0.2, 0) is 28.6 Å². The minimum absolute atomic E-state index is 0.0831. The van der Waals surface area contributed by atoms with Crippen molar-refractivity contribution >= 4 is 17.9 Å². The number of allylic oxidation sites excluding steroid dienone is 12. The molecule has 0 spiro atoms. The summed E-state index contributed by atoms with van der Waals surface area (Å²) in [7, 11) is 0. The van der Waals surface area contributed by atoms with Gasteiger partial charge in [0.2, 0.25) is 0 Å². The third-order valence-electron chi connectivity index (χ3n) is 13.2. The van der Waals surface area contributed by atoms with Crippen LogP contribution in [-0.4, -0.2) is 37.2 Å². The molecule has 0 heterocycles. The van der Waals surface area contributed by atoms with Crippen LogP contribution in [0.3, 0.4) is 0 Å². The van der Waals surface area contributed by atoms with Gasteiger partial charge in [-0.15, -0.1) is 0 Å². The van der Waals surface area contributed by atoms with Gasteiger partial charge < -0.3 is 14.2 Å². The standard InChI is InChI=1S/C65H114O6/c1-4-7-10-13-16-18-20-22-24-26-28-30-32-34-35-37-39-41-43-45-47-49-52-55-58-64(67)70-61-62(60-69-63(66)57-54-51-15-12-9-6-3)71-65(68)59-56-53-50-48-46-44-42-40-38-36-33-31-29-27-25-23-21-19-17-14-11-8-5-2/h8,11,17,19,23,25,29,31,36,38,42,44,62H,4-7,9-10,12-16,18,20-22,24,26-28,30,32-35,37,39-41,43,45-61H2,1-3H3/b11-8-,19-17-,25-23-,31-29-,38-36-,44-42-. The number of hydrogen-bond acceptors (Lipinski definition) is 6. The first-order valence-electron chi connectivity index (χ1n) is 30.4. The van der Waals surface area contributed by atoms with Gasteiger partial charge in [-0.3, -0.25) is 14.4 Å². The predicted molar refractivity (Wildman–Crippen MR) is 307 cm³/mol. The molecule has 0 aromatic rings. The summed E-state index contributed by atoms with van der Waals surface area (Å²) in [6, 6.07) is 0. The summed E-state index contributed by atoms with van der Waals surface area (Å²) in [6.07, 6.45) is 76.6. The summed E-state index contributed by atoms with van der Waals surface area (Å²) in [6.45, 7) is 6.48. The Hall–Kier alpha value is -3.15. The summed E-state index contributed by atoms with van der Waals surface area (Å²) >= 11 is 0. The van der Waals surface area contributed by atoms with Crippen LogP contribution in [0, 0.1) is 0 Å². The van der Waals surface area contributed by atoms with E-state index >= 15 is 0 Å². The maximum absolute atomic E-state index is 12.8. The van der Waals surface area contributed by atoms with Gasteiger partial charge in [0.15, 0.2) is 6.10 Å². The maximum atomic E-state index is 12.8. The Labute approximate surface area is 440 Å². The molecule has 0 aromatic carbocycles. The molecule has 0 radical (unpaired) electrons. The maximum Gasteiger partial charge on any atom is 0.306 e. The van der Waals surface area contributed by atoms with Gasteiger partial charge in [0.05, 0.1) is 0 Å². The van der Waals surface area contributed by atoms with E-state index < -0.39 is 6.10 Å². The molecule has 0 amide bonds. The van der Waals surface area contributed by atoms with E-state index in [1.807, 2.05) is 0 Å². The van der Waals surface area contributed by atoms with Crippen molar-refractivity contribution in [2.45, 2.75) is 309 Å². The van der Waals surface area contributed by atoms with Crippen LogP contribution in [0.1, 0.15) is 303 Å². The van der Waals surface area contributed by atoms with Crippen molar-refractivity contribution in [1.82, 2.24) is 0 Å². The summed E-state index contributed by atoms with van der Waals surface area (Å²) < 4.78 is 16.8. The van der Waals surface area contributed by atoms with Crippen LogP contribution >= 0.6 is 0 Å². The topological polar surface area (TPSA) is 78.9 Å². The summed E-state index contributed by atoms with van der Waals surface area (Å²) in [5.74, 6) is -0.907. The van der Waals surface area contributed by atoms with E-state index in [1.165, 1.54) is 154 Å². The monoisotopic (exact) mass is 991 g/mol. The highest BCUT2D eigenvalue weighted by atomic mass is 16.6. The Morgan fingerprint density at radius 3 is 0.859 bits per heavy atom. The average Bonchev–Trinajstić information content (AvgIpc) is 3.37. The van der Waals surface area contributed by atoms with Crippen LogP contribution in [0.15, 0.2) is 72.9 Å². The molecule has 0 N–H and O–H groups in total. The van der Waals surface area contributed by atoms with Crippen molar-refractivity contribution in [2.75, 3.05) is 13.2 Å². The van der Waals surface area contributed by atoms with E-state index in [1.54, 1.807) is 0 Å². The van der Waals surface area contributed by atoms with E-state index in [9.17, 15) is 14.4 Å². The third-order valence-corrected chi connectivity index (χ3v) is 13.2. The summed E-state index contributed by atoms with van der Waals surface area (Å²) in [5, 5.41) is 0. The molecule has 410 valence electrons. The highest BCUT2D eigenvalue weighted by Gasteiger charge is 2.19. The van der Waals surface area contributed by atoms with Gasteiger partial charge in [0.25, 0.3) is 0 Å². The lowest BCUT2D eigenvalue weighted by molar-refractivity contribution is -0.167. The molecule has 71 heavy (non-hydrogen) atoms. The minimum Gasteiger partial charge on any atom is -0.462 e. The molecule has 6 heteroatoms.